The van der Waals surface area contributed by atoms with Crippen LogP contribution in [0.1, 0.15) is 50.2 Å². The number of aromatic nitrogens is 2. The Hall–Kier alpha value is -3.10. The van der Waals surface area contributed by atoms with E-state index in [-0.39, 0.29) is 28.6 Å². The van der Waals surface area contributed by atoms with Gasteiger partial charge in [0.05, 0.1) is 11.3 Å². The van der Waals surface area contributed by atoms with Crippen molar-refractivity contribution < 1.29 is 13.2 Å². The minimum atomic E-state index is -4.60. The Labute approximate surface area is 178 Å². The van der Waals surface area contributed by atoms with Crippen LogP contribution in [-0.2, 0) is 12.7 Å². The number of aryl methyl sites for hydroxylation is 1. The van der Waals surface area contributed by atoms with Gasteiger partial charge >= 0.3 is 6.18 Å². The van der Waals surface area contributed by atoms with E-state index in [2.05, 4.69) is 15.6 Å². The van der Waals surface area contributed by atoms with Crippen LogP contribution in [0.15, 0.2) is 41.6 Å². The lowest BCUT2D eigenvalue weighted by atomic mass is 10.0. The molecule has 0 aromatic carbocycles. The summed E-state index contributed by atoms with van der Waals surface area (Å²) >= 11 is 0. The van der Waals surface area contributed by atoms with Gasteiger partial charge in [0.15, 0.2) is 0 Å². The Morgan fingerprint density at radius 2 is 2.06 bits per heavy atom. The molecule has 0 aliphatic heterocycles. The maximum atomic E-state index is 13.8. The van der Waals surface area contributed by atoms with Gasteiger partial charge in [-0.3, -0.25) is 4.79 Å². The number of pyridine rings is 2. The van der Waals surface area contributed by atoms with Gasteiger partial charge in [0.2, 0.25) is 0 Å². The van der Waals surface area contributed by atoms with Crippen molar-refractivity contribution in [2.45, 2.75) is 57.8 Å². The summed E-state index contributed by atoms with van der Waals surface area (Å²) in [5.41, 5.74) is -0.629. The molecule has 0 spiro atoms. The zero-order valence-corrected chi connectivity index (χ0v) is 17.3. The van der Waals surface area contributed by atoms with Crippen molar-refractivity contribution in [2.75, 3.05) is 10.6 Å². The van der Waals surface area contributed by atoms with Crippen LogP contribution in [0.5, 0.6) is 0 Å². The standard InChI is InChI=1S/C22H26F3N5O/c1-2-9-30-14-17(7-8-21(30)31)27-12-15(11-26)18-13-28-20(10-19(18)22(23,24)25)29-16-5-3-4-6-16/h7-8,10-14,16,26-27H,2-6,9H2,1H3,(H,28,29)/b15-12+,26-11?. The van der Waals surface area contributed by atoms with E-state index in [1.54, 1.807) is 12.3 Å². The van der Waals surface area contributed by atoms with E-state index < -0.39 is 11.7 Å². The largest absolute Gasteiger partial charge is 0.417 e. The molecule has 0 unspecified atom stereocenters. The lowest BCUT2D eigenvalue weighted by Gasteiger charge is -2.17. The van der Waals surface area contributed by atoms with Gasteiger partial charge in [-0.15, -0.1) is 0 Å². The van der Waals surface area contributed by atoms with E-state index in [4.69, 9.17) is 5.41 Å². The molecule has 2 aromatic heterocycles. The minimum absolute atomic E-state index is 0.0282. The zero-order chi connectivity index (χ0) is 22.4. The van der Waals surface area contributed by atoms with Crippen LogP contribution in [-0.4, -0.2) is 21.8 Å². The molecule has 2 aromatic rings. The van der Waals surface area contributed by atoms with Gasteiger partial charge in [0.25, 0.3) is 5.56 Å². The molecule has 1 fully saturated rings. The van der Waals surface area contributed by atoms with Crippen LogP contribution < -0.4 is 16.2 Å². The van der Waals surface area contributed by atoms with Crippen LogP contribution in [0.2, 0.25) is 0 Å². The number of anilines is 2. The molecule has 1 aliphatic carbocycles. The lowest BCUT2D eigenvalue weighted by molar-refractivity contribution is -0.137. The highest BCUT2D eigenvalue weighted by molar-refractivity contribution is 6.09. The predicted molar refractivity (Wildman–Crippen MR) is 116 cm³/mol. The zero-order valence-electron chi connectivity index (χ0n) is 17.3. The molecular weight excluding hydrogens is 407 g/mol. The molecule has 9 heteroatoms. The predicted octanol–water partition coefficient (Wildman–Crippen LogP) is 5.13. The highest BCUT2D eigenvalue weighted by Gasteiger charge is 2.35. The van der Waals surface area contributed by atoms with Gasteiger partial charge in [-0.2, -0.15) is 13.2 Å². The maximum absolute atomic E-state index is 13.8. The maximum Gasteiger partial charge on any atom is 0.417 e. The monoisotopic (exact) mass is 433 g/mol. The molecule has 0 bridgehead atoms. The molecule has 3 rings (SSSR count). The van der Waals surface area contributed by atoms with E-state index in [0.29, 0.717) is 12.2 Å². The van der Waals surface area contributed by atoms with Gasteiger partial charge in [-0.05, 0) is 31.4 Å². The SMILES string of the molecule is CCCn1cc(N/C=C(\C=N)c2cnc(NC3CCCC3)cc2C(F)(F)F)ccc1=O. The van der Waals surface area contributed by atoms with Crippen LogP contribution in [0.3, 0.4) is 0 Å². The summed E-state index contributed by atoms with van der Waals surface area (Å²) in [5.74, 6) is 0.187. The number of hydrogen-bond donors (Lipinski definition) is 3. The first-order chi connectivity index (χ1) is 14.8. The van der Waals surface area contributed by atoms with E-state index >= 15 is 0 Å². The van der Waals surface area contributed by atoms with Crippen molar-refractivity contribution in [2.24, 2.45) is 0 Å². The van der Waals surface area contributed by atoms with Gasteiger partial charge in [-0.25, -0.2) is 4.98 Å². The highest BCUT2D eigenvalue weighted by atomic mass is 19.4. The van der Waals surface area contributed by atoms with Gasteiger partial charge in [0.1, 0.15) is 5.82 Å². The molecule has 31 heavy (non-hydrogen) atoms. The minimum Gasteiger partial charge on any atom is -0.367 e. The van der Waals surface area contributed by atoms with Crippen LogP contribution >= 0.6 is 0 Å². The number of halogens is 3. The second-order valence-corrected chi connectivity index (χ2v) is 7.58. The number of rotatable bonds is 8. The molecule has 6 nitrogen and oxygen atoms in total. The van der Waals surface area contributed by atoms with E-state index in [1.807, 2.05) is 6.92 Å². The van der Waals surface area contributed by atoms with Gasteiger partial charge in [0, 0.05) is 54.6 Å². The fraction of sp³-hybridized carbons (Fsp3) is 0.409. The Bertz CT molecular complexity index is 1010. The number of alkyl halides is 3. The Balaban J connectivity index is 1.89. The Morgan fingerprint density at radius 3 is 2.71 bits per heavy atom. The van der Waals surface area contributed by atoms with Crippen molar-refractivity contribution in [1.82, 2.24) is 9.55 Å². The topological polar surface area (TPSA) is 82.8 Å². The molecule has 2 heterocycles. The molecule has 3 N–H and O–H groups in total. The van der Waals surface area contributed by atoms with E-state index in [9.17, 15) is 18.0 Å². The first kappa shape index (κ1) is 22.6. The normalized spacial score (nSPS) is 15.2. The Kier molecular flexibility index (Phi) is 7.14. The lowest BCUT2D eigenvalue weighted by Crippen LogP contribution is -2.18. The smallest absolute Gasteiger partial charge is 0.367 e. The Morgan fingerprint density at radius 1 is 1.32 bits per heavy atom. The average Bonchev–Trinajstić information content (AvgIpc) is 3.24. The first-order valence-electron chi connectivity index (χ1n) is 10.3. The summed E-state index contributed by atoms with van der Waals surface area (Å²) in [5, 5.41) is 13.6. The summed E-state index contributed by atoms with van der Waals surface area (Å²) in [6, 6.07) is 4.08. The third-order valence-electron chi connectivity index (χ3n) is 5.23. The molecule has 1 aliphatic rings. The summed E-state index contributed by atoms with van der Waals surface area (Å²) in [6.45, 7) is 2.48. The quantitative estimate of drug-likeness (QED) is 0.504. The van der Waals surface area contributed by atoms with Crippen molar-refractivity contribution in [3.63, 3.8) is 0 Å². The summed E-state index contributed by atoms with van der Waals surface area (Å²) < 4.78 is 42.8. The molecule has 0 atom stereocenters. The summed E-state index contributed by atoms with van der Waals surface area (Å²) in [6.07, 6.45) is 5.04. The third kappa shape index (κ3) is 5.74. The van der Waals surface area contributed by atoms with Crippen molar-refractivity contribution in [3.05, 3.63) is 58.3 Å². The van der Waals surface area contributed by atoms with Crippen molar-refractivity contribution >= 4 is 23.3 Å². The molecule has 166 valence electrons. The summed E-state index contributed by atoms with van der Waals surface area (Å²) in [4.78, 5) is 16.0. The second kappa shape index (κ2) is 9.80. The van der Waals surface area contributed by atoms with E-state index in [0.717, 1.165) is 50.6 Å². The number of nitrogens with zero attached hydrogens (tertiary/aromatic N) is 2. The average molecular weight is 433 g/mol. The number of allylic oxidation sites excluding steroid dienone is 1. The molecule has 0 saturated heterocycles. The third-order valence-corrected chi connectivity index (χ3v) is 5.23. The first-order valence-corrected chi connectivity index (χ1v) is 10.3. The molecule has 1 saturated carbocycles. The van der Waals surface area contributed by atoms with Crippen molar-refractivity contribution in [3.8, 4) is 0 Å². The highest BCUT2D eigenvalue weighted by Crippen LogP contribution is 2.36. The van der Waals surface area contributed by atoms with Crippen LogP contribution in [0, 0.1) is 5.41 Å². The molecule has 0 amide bonds. The van der Waals surface area contributed by atoms with Gasteiger partial charge < -0.3 is 20.6 Å². The molecule has 0 radical (unpaired) electrons. The van der Waals surface area contributed by atoms with E-state index in [1.165, 1.54) is 16.8 Å². The van der Waals surface area contributed by atoms with Gasteiger partial charge in [-0.1, -0.05) is 19.8 Å². The summed E-state index contributed by atoms with van der Waals surface area (Å²) in [7, 11) is 0. The fourth-order valence-corrected chi connectivity index (χ4v) is 3.67. The number of nitrogens with one attached hydrogen (secondary N) is 3. The second-order valence-electron chi connectivity index (χ2n) is 7.58. The van der Waals surface area contributed by atoms with Crippen molar-refractivity contribution in [1.29, 1.82) is 5.41 Å². The molecular formula is C22H26F3N5O. The number of hydrogen-bond acceptors (Lipinski definition) is 5. The van der Waals surface area contributed by atoms with Crippen LogP contribution in [0.4, 0.5) is 24.7 Å². The fourth-order valence-electron chi connectivity index (χ4n) is 3.67. The van der Waals surface area contributed by atoms with Crippen LogP contribution in [0.25, 0.3) is 5.57 Å².